The molecular formula is C20H25N7O3. The van der Waals surface area contributed by atoms with Gasteiger partial charge in [-0.1, -0.05) is 40.2 Å². The first kappa shape index (κ1) is 20.2. The van der Waals surface area contributed by atoms with Crippen LogP contribution >= 0.6 is 0 Å². The quantitative estimate of drug-likeness (QED) is 0.561. The Balaban J connectivity index is 1.32. The van der Waals surface area contributed by atoms with Gasteiger partial charge in [0.25, 0.3) is 0 Å². The molecule has 0 bridgehead atoms. The van der Waals surface area contributed by atoms with E-state index in [0.29, 0.717) is 18.4 Å². The van der Waals surface area contributed by atoms with Crippen LogP contribution in [0.3, 0.4) is 0 Å². The van der Waals surface area contributed by atoms with Gasteiger partial charge in [0.2, 0.25) is 11.7 Å². The van der Waals surface area contributed by atoms with Gasteiger partial charge in [0.1, 0.15) is 0 Å². The van der Waals surface area contributed by atoms with Crippen LogP contribution < -0.4 is 0 Å². The molecule has 1 unspecified atom stereocenters. The molecule has 0 spiro atoms. The summed E-state index contributed by atoms with van der Waals surface area (Å²) in [6.07, 6.45) is 1.60. The fourth-order valence-electron chi connectivity index (χ4n) is 3.44. The molecule has 2 aromatic heterocycles. The van der Waals surface area contributed by atoms with Gasteiger partial charge in [-0.2, -0.15) is 4.98 Å². The Morgan fingerprint density at radius 2 is 1.93 bits per heavy atom. The third-order valence-electron chi connectivity index (χ3n) is 5.34. The highest BCUT2D eigenvalue weighted by Gasteiger charge is 2.26. The van der Waals surface area contributed by atoms with E-state index >= 15 is 0 Å². The molecule has 1 fully saturated rings. The summed E-state index contributed by atoms with van der Waals surface area (Å²) in [4.78, 5) is 20.7. The summed E-state index contributed by atoms with van der Waals surface area (Å²) in [7, 11) is 1.33. The molecule has 4 rings (SSSR count). The summed E-state index contributed by atoms with van der Waals surface area (Å²) in [6, 6.07) is 8.12. The second kappa shape index (κ2) is 8.72. The highest BCUT2D eigenvalue weighted by atomic mass is 16.5. The third-order valence-corrected chi connectivity index (χ3v) is 5.34. The average molecular weight is 411 g/mol. The maximum Gasteiger partial charge on any atom is 0.360 e. The standard InChI is InChI=1S/C20H25N7O3/c1-14-4-6-16(7-5-14)18-21-19(30-23-18)15(2)26-10-8-25(9-11-26)13-27-12-17(22-24-27)20(28)29-3/h4-7,12,15H,8-11,13H2,1-3H3. The molecule has 30 heavy (non-hydrogen) atoms. The van der Waals surface area contributed by atoms with Gasteiger partial charge in [0.05, 0.1) is 26.0 Å². The molecule has 0 aliphatic carbocycles. The average Bonchev–Trinajstić information content (AvgIpc) is 3.44. The summed E-state index contributed by atoms with van der Waals surface area (Å²) in [5.74, 6) is 0.755. The van der Waals surface area contributed by atoms with Crippen LogP contribution in [0.2, 0.25) is 0 Å². The summed E-state index contributed by atoms with van der Waals surface area (Å²) in [5, 5.41) is 12.0. The number of nitrogens with zero attached hydrogens (tertiary/aromatic N) is 7. The number of ether oxygens (including phenoxy) is 1. The van der Waals surface area contributed by atoms with Gasteiger partial charge in [-0.3, -0.25) is 9.80 Å². The minimum atomic E-state index is -0.482. The Morgan fingerprint density at radius 1 is 1.20 bits per heavy atom. The van der Waals surface area contributed by atoms with Gasteiger partial charge < -0.3 is 9.26 Å². The molecule has 3 heterocycles. The molecule has 3 aromatic rings. The van der Waals surface area contributed by atoms with Crippen molar-refractivity contribution < 1.29 is 14.1 Å². The summed E-state index contributed by atoms with van der Waals surface area (Å²) in [5.41, 5.74) is 2.36. The molecule has 1 saturated heterocycles. The van der Waals surface area contributed by atoms with Crippen LogP contribution in [0.25, 0.3) is 11.4 Å². The van der Waals surface area contributed by atoms with Crippen LogP contribution in [0.5, 0.6) is 0 Å². The van der Waals surface area contributed by atoms with E-state index in [0.717, 1.165) is 31.7 Å². The number of hydrogen-bond acceptors (Lipinski definition) is 9. The summed E-state index contributed by atoms with van der Waals surface area (Å²) < 4.78 is 11.9. The predicted octanol–water partition coefficient (Wildman–Crippen LogP) is 1.76. The maximum absolute atomic E-state index is 11.5. The zero-order chi connectivity index (χ0) is 21.1. The van der Waals surface area contributed by atoms with Gasteiger partial charge in [-0.15, -0.1) is 5.10 Å². The van der Waals surface area contributed by atoms with Crippen molar-refractivity contribution in [2.24, 2.45) is 0 Å². The van der Waals surface area contributed by atoms with E-state index in [-0.39, 0.29) is 11.7 Å². The number of aryl methyl sites for hydroxylation is 1. The summed E-state index contributed by atoms with van der Waals surface area (Å²) >= 11 is 0. The maximum atomic E-state index is 11.5. The monoisotopic (exact) mass is 411 g/mol. The van der Waals surface area contributed by atoms with Crippen molar-refractivity contribution in [3.8, 4) is 11.4 Å². The third kappa shape index (κ3) is 4.39. The number of carbonyl (C=O) groups is 1. The second-order valence-electron chi connectivity index (χ2n) is 7.43. The lowest BCUT2D eigenvalue weighted by molar-refractivity contribution is 0.0593. The van der Waals surface area contributed by atoms with Crippen LogP contribution in [-0.2, 0) is 11.4 Å². The van der Waals surface area contributed by atoms with E-state index < -0.39 is 5.97 Å². The lowest BCUT2D eigenvalue weighted by atomic mass is 10.1. The van der Waals surface area contributed by atoms with E-state index in [4.69, 9.17) is 4.52 Å². The normalized spacial score (nSPS) is 16.5. The van der Waals surface area contributed by atoms with Crippen LogP contribution in [0.4, 0.5) is 0 Å². The van der Waals surface area contributed by atoms with Crippen LogP contribution in [0, 0.1) is 6.92 Å². The van der Waals surface area contributed by atoms with Crippen molar-refractivity contribution in [3.05, 3.63) is 47.6 Å². The second-order valence-corrected chi connectivity index (χ2v) is 7.43. The lowest BCUT2D eigenvalue weighted by Crippen LogP contribution is -2.47. The number of carbonyl (C=O) groups excluding carboxylic acids is 1. The van der Waals surface area contributed by atoms with Gasteiger partial charge in [0.15, 0.2) is 5.69 Å². The Kier molecular flexibility index (Phi) is 5.86. The van der Waals surface area contributed by atoms with Crippen molar-refractivity contribution in [3.63, 3.8) is 0 Å². The van der Waals surface area contributed by atoms with Crippen LogP contribution in [-0.4, -0.2) is 74.2 Å². The number of esters is 1. The van der Waals surface area contributed by atoms with E-state index in [9.17, 15) is 4.79 Å². The zero-order valence-electron chi connectivity index (χ0n) is 17.4. The highest BCUT2D eigenvalue weighted by Crippen LogP contribution is 2.23. The molecule has 1 aliphatic rings. The topological polar surface area (TPSA) is 102 Å². The molecule has 1 aliphatic heterocycles. The minimum absolute atomic E-state index is 0.0381. The molecular weight excluding hydrogens is 386 g/mol. The first-order valence-corrected chi connectivity index (χ1v) is 9.89. The number of methoxy groups -OCH3 is 1. The number of rotatable bonds is 6. The largest absolute Gasteiger partial charge is 0.464 e. The van der Waals surface area contributed by atoms with E-state index in [1.54, 1.807) is 10.9 Å². The van der Waals surface area contributed by atoms with Crippen molar-refractivity contribution in [2.75, 3.05) is 33.3 Å². The van der Waals surface area contributed by atoms with Gasteiger partial charge >= 0.3 is 5.97 Å². The molecule has 1 aromatic carbocycles. The molecule has 158 valence electrons. The SMILES string of the molecule is COC(=O)c1cn(CN2CCN(C(C)c3nc(-c4ccc(C)cc4)no3)CC2)nn1. The van der Waals surface area contributed by atoms with E-state index in [2.05, 4.69) is 41.9 Å². The van der Waals surface area contributed by atoms with Crippen molar-refractivity contribution in [1.29, 1.82) is 0 Å². The predicted molar refractivity (Wildman–Crippen MR) is 107 cm³/mol. The van der Waals surface area contributed by atoms with Crippen molar-refractivity contribution >= 4 is 5.97 Å². The first-order valence-electron chi connectivity index (χ1n) is 9.89. The van der Waals surface area contributed by atoms with Crippen LogP contribution in [0.15, 0.2) is 35.0 Å². The van der Waals surface area contributed by atoms with Gasteiger partial charge in [-0.05, 0) is 13.8 Å². The number of benzene rings is 1. The first-order chi connectivity index (χ1) is 14.5. The van der Waals surface area contributed by atoms with Crippen LogP contribution in [0.1, 0.15) is 34.9 Å². The smallest absolute Gasteiger partial charge is 0.360 e. The van der Waals surface area contributed by atoms with Gasteiger partial charge in [0, 0.05) is 31.7 Å². The number of piperazine rings is 1. The zero-order valence-corrected chi connectivity index (χ0v) is 17.4. The molecule has 0 radical (unpaired) electrons. The highest BCUT2D eigenvalue weighted by molar-refractivity contribution is 5.86. The number of hydrogen-bond donors (Lipinski definition) is 0. The Labute approximate surface area is 174 Å². The van der Waals surface area contributed by atoms with E-state index in [1.165, 1.54) is 12.7 Å². The summed E-state index contributed by atoms with van der Waals surface area (Å²) in [6.45, 7) is 8.15. The Morgan fingerprint density at radius 3 is 2.63 bits per heavy atom. The van der Waals surface area contributed by atoms with Crippen molar-refractivity contribution in [1.82, 2.24) is 34.9 Å². The molecule has 0 N–H and O–H groups in total. The fourth-order valence-corrected chi connectivity index (χ4v) is 3.44. The minimum Gasteiger partial charge on any atom is -0.464 e. The molecule has 10 nitrogen and oxygen atoms in total. The Bertz CT molecular complexity index is 990. The van der Waals surface area contributed by atoms with E-state index in [1.807, 2.05) is 31.2 Å². The molecule has 10 heteroatoms. The number of aromatic nitrogens is 5. The van der Waals surface area contributed by atoms with Crippen molar-refractivity contribution in [2.45, 2.75) is 26.6 Å². The van der Waals surface area contributed by atoms with Gasteiger partial charge in [-0.25, -0.2) is 9.48 Å². The fraction of sp³-hybridized carbons (Fsp3) is 0.450. The molecule has 1 atom stereocenters. The molecule has 0 amide bonds. The molecule has 0 saturated carbocycles. The Hall–Kier alpha value is -3.11. The lowest BCUT2D eigenvalue weighted by Gasteiger charge is -2.36.